The molecule has 0 atom stereocenters. The fourth-order valence-corrected chi connectivity index (χ4v) is 4.36. The van der Waals surface area contributed by atoms with Crippen LogP contribution in [0, 0.1) is 0 Å². The van der Waals surface area contributed by atoms with Gasteiger partial charge in [0.1, 0.15) is 5.75 Å². The highest BCUT2D eigenvalue weighted by Crippen LogP contribution is 2.35. The lowest BCUT2D eigenvalue weighted by molar-refractivity contribution is 0.0952. The highest BCUT2D eigenvalue weighted by molar-refractivity contribution is 7.14. The first kappa shape index (κ1) is 19.4. The summed E-state index contributed by atoms with van der Waals surface area (Å²) in [5, 5.41) is 6.06. The van der Waals surface area contributed by atoms with Gasteiger partial charge >= 0.3 is 0 Å². The SMILES string of the molecule is COc1ccc(C(=O)NCCCn2ccnc2)cc1-c1csc(N2CCCC2)n1. The number of nitrogens with one attached hydrogen (secondary N) is 1. The molecule has 1 fully saturated rings. The van der Waals surface area contributed by atoms with E-state index in [2.05, 4.69) is 15.2 Å². The van der Waals surface area contributed by atoms with Gasteiger partial charge in [-0.3, -0.25) is 4.79 Å². The molecule has 0 saturated carbocycles. The summed E-state index contributed by atoms with van der Waals surface area (Å²) in [5.41, 5.74) is 2.31. The van der Waals surface area contributed by atoms with Crippen LogP contribution in [-0.2, 0) is 6.54 Å². The Hall–Kier alpha value is -2.87. The number of hydrogen-bond donors (Lipinski definition) is 1. The van der Waals surface area contributed by atoms with Gasteiger partial charge in [0.15, 0.2) is 5.13 Å². The minimum atomic E-state index is -0.0884. The van der Waals surface area contributed by atoms with E-state index in [1.54, 1.807) is 37.0 Å². The summed E-state index contributed by atoms with van der Waals surface area (Å²) in [6.45, 7) is 3.55. The molecule has 0 aliphatic carbocycles. The van der Waals surface area contributed by atoms with Crippen LogP contribution >= 0.6 is 11.3 Å². The van der Waals surface area contributed by atoms with Gasteiger partial charge in [0.25, 0.3) is 5.91 Å². The van der Waals surface area contributed by atoms with Crippen molar-refractivity contribution in [2.75, 3.05) is 31.6 Å². The number of aryl methyl sites for hydroxylation is 1. The molecule has 1 aromatic carbocycles. The topological polar surface area (TPSA) is 72.3 Å². The smallest absolute Gasteiger partial charge is 0.251 e. The van der Waals surface area contributed by atoms with E-state index >= 15 is 0 Å². The summed E-state index contributed by atoms with van der Waals surface area (Å²) in [4.78, 5) is 23.7. The van der Waals surface area contributed by atoms with Crippen LogP contribution in [0.2, 0.25) is 0 Å². The van der Waals surface area contributed by atoms with Crippen molar-refractivity contribution >= 4 is 22.4 Å². The molecule has 0 bridgehead atoms. The number of carbonyl (C=O) groups excluding carboxylic acids is 1. The summed E-state index contributed by atoms with van der Waals surface area (Å²) in [6, 6.07) is 5.50. The molecule has 0 radical (unpaired) electrons. The zero-order valence-electron chi connectivity index (χ0n) is 16.5. The number of rotatable bonds is 8. The van der Waals surface area contributed by atoms with Crippen molar-refractivity contribution in [1.82, 2.24) is 19.9 Å². The maximum atomic E-state index is 12.6. The lowest BCUT2D eigenvalue weighted by Crippen LogP contribution is -2.25. The molecule has 2 aromatic heterocycles. The molecule has 1 saturated heterocycles. The summed E-state index contributed by atoms with van der Waals surface area (Å²) in [7, 11) is 1.64. The van der Waals surface area contributed by atoms with Gasteiger partial charge in [-0.15, -0.1) is 11.3 Å². The molecule has 152 valence electrons. The van der Waals surface area contributed by atoms with E-state index in [0.29, 0.717) is 12.1 Å². The number of ether oxygens (including phenoxy) is 1. The zero-order valence-corrected chi connectivity index (χ0v) is 17.3. The maximum Gasteiger partial charge on any atom is 0.251 e. The standard InChI is InChI=1S/C21H25N5O2S/c1-28-19-6-5-16(20(27)23-7-4-9-25-12-8-22-15-25)13-17(19)18-14-29-21(24-18)26-10-2-3-11-26/h5-6,8,12-15H,2-4,7,9-11H2,1H3,(H,23,27). The number of imidazole rings is 1. The first-order valence-electron chi connectivity index (χ1n) is 9.87. The number of carbonyl (C=O) groups is 1. The molecule has 8 heteroatoms. The average Bonchev–Trinajstić information content (AvgIpc) is 3.52. The van der Waals surface area contributed by atoms with Crippen molar-refractivity contribution in [1.29, 1.82) is 0 Å². The van der Waals surface area contributed by atoms with Crippen LogP contribution in [0.15, 0.2) is 42.3 Å². The third-order valence-electron chi connectivity index (χ3n) is 5.04. The average molecular weight is 412 g/mol. The van der Waals surface area contributed by atoms with Crippen molar-refractivity contribution in [3.05, 3.63) is 47.9 Å². The van der Waals surface area contributed by atoms with Crippen molar-refractivity contribution in [3.63, 3.8) is 0 Å². The fourth-order valence-electron chi connectivity index (χ4n) is 3.48. The van der Waals surface area contributed by atoms with Crippen LogP contribution in [0.3, 0.4) is 0 Å². The molecule has 0 unspecified atom stereocenters. The molecule has 1 aliphatic heterocycles. The van der Waals surface area contributed by atoms with Crippen molar-refractivity contribution in [2.24, 2.45) is 0 Å². The van der Waals surface area contributed by atoms with Gasteiger partial charge in [-0.1, -0.05) is 0 Å². The Labute approximate surface area is 174 Å². The number of anilines is 1. The first-order chi connectivity index (χ1) is 14.2. The molecule has 7 nitrogen and oxygen atoms in total. The lowest BCUT2D eigenvalue weighted by Gasteiger charge is -2.13. The van der Waals surface area contributed by atoms with Crippen LogP contribution < -0.4 is 15.0 Å². The van der Waals surface area contributed by atoms with Gasteiger partial charge < -0.3 is 19.5 Å². The normalized spacial score (nSPS) is 13.6. The summed E-state index contributed by atoms with van der Waals surface area (Å²) in [5.74, 6) is 0.634. The van der Waals surface area contributed by atoms with E-state index in [4.69, 9.17) is 9.72 Å². The molecule has 4 rings (SSSR count). The lowest BCUT2D eigenvalue weighted by atomic mass is 10.1. The molecular weight excluding hydrogens is 386 g/mol. The second kappa shape index (κ2) is 9.09. The van der Waals surface area contributed by atoms with Crippen molar-refractivity contribution in [2.45, 2.75) is 25.8 Å². The number of benzene rings is 1. The van der Waals surface area contributed by atoms with Crippen LogP contribution in [0.25, 0.3) is 11.3 Å². The second-order valence-electron chi connectivity index (χ2n) is 7.03. The van der Waals surface area contributed by atoms with E-state index in [0.717, 1.165) is 48.2 Å². The molecular formula is C21H25N5O2S. The van der Waals surface area contributed by atoms with Crippen molar-refractivity contribution < 1.29 is 9.53 Å². The monoisotopic (exact) mass is 411 g/mol. The highest BCUT2D eigenvalue weighted by Gasteiger charge is 2.18. The molecule has 1 N–H and O–H groups in total. The number of methoxy groups -OCH3 is 1. The number of amides is 1. The molecule has 1 aliphatic rings. The maximum absolute atomic E-state index is 12.6. The van der Waals surface area contributed by atoms with E-state index in [9.17, 15) is 4.79 Å². The van der Waals surface area contributed by atoms with Gasteiger partial charge in [0.2, 0.25) is 0 Å². The summed E-state index contributed by atoms with van der Waals surface area (Å²) >= 11 is 1.64. The van der Waals surface area contributed by atoms with Crippen molar-refractivity contribution in [3.8, 4) is 17.0 Å². The molecule has 0 spiro atoms. The van der Waals surface area contributed by atoms with E-state index < -0.39 is 0 Å². The van der Waals surface area contributed by atoms with Gasteiger partial charge in [-0.25, -0.2) is 9.97 Å². The predicted octanol–water partition coefficient (Wildman–Crippen LogP) is 3.44. The minimum Gasteiger partial charge on any atom is -0.496 e. The van der Waals surface area contributed by atoms with Gasteiger partial charge in [0, 0.05) is 55.1 Å². The Morgan fingerprint density at radius 3 is 2.93 bits per heavy atom. The Balaban J connectivity index is 1.44. The second-order valence-corrected chi connectivity index (χ2v) is 7.87. The Morgan fingerprint density at radius 1 is 1.31 bits per heavy atom. The third-order valence-corrected chi connectivity index (χ3v) is 5.95. The van der Waals surface area contributed by atoms with E-state index in [1.807, 2.05) is 28.3 Å². The summed E-state index contributed by atoms with van der Waals surface area (Å²) in [6.07, 6.45) is 8.73. The molecule has 29 heavy (non-hydrogen) atoms. The Kier molecular flexibility index (Phi) is 6.09. The molecule has 1 amide bonds. The zero-order chi connectivity index (χ0) is 20.1. The quantitative estimate of drug-likeness (QED) is 0.575. The minimum absolute atomic E-state index is 0.0884. The number of thiazole rings is 1. The Morgan fingerprint density at radius 2 is 2.17 bits per heavy atom. The molecule has 3 aromatic rings. The predicted molar refractivity (Wildman–Crippen MR) is 115 cm³/mol. The largest absolute Gasteiger partial charge is 0.496 e. The number of nitrogens with zero attached hydrogens (tertiary/aromatic N) is 4. The number of aromatic nitrogens is 3. The fraction of sp³-hybridized carbons (Fsp3) is 0.381. The van der Waals surface area contributed by atoms with Gasteiger partial charge in [-0.2, -0.15) is 0 Å². The van der Waals surface area contributed by atoms with Gasteiger partial charge in [-0.05, 0) is 37.5 Å². The summed E-state index contributed by atoms with van der Waals surface area (Å²) < 4.78 is 7.52. The Bertz CT molecular complexity index is 948. The van der Waals surface area contributed by atoms with Crippen LogP contribution in [0.1, 0.15) is 29.6 Å². The highest BCUT2D eigenvalue weighted by atomic mass is 32.1. The van der Waals surface area contributed by atoms with Gasteiger partial charge in [0.05, 0.1) is 19.1 Å². The van der Waals surface area contributed by atoms with E-state index in [-0.39, 0.29) is 5.91 Å². The first-order valence-corrected chi connectivity index (χ1v) is 10.8. The molecule has 3 heterocycles. The van der Waals surface area contributed by atoms with E-state index in [1.165, 1.54) is 12.8 Å². The van der Waals surface area contributed by atoms with Crippen LogP contribution in [0.5, 0.6) is 5.75 Å². The third kappa shape index (κ3) is 4.59. The van der Waals surface area contributed by atoms with Crippen LogP contribution in [-0.4, -0.2) is 47.2 Å². The van der Waals surface area contributed by atoms with Crippen LogP contribution in [0.4, 0.5) is 5.13 Å². The number of hydrogen-bond acceptors (Lipinski definition) is 6.